The second-order valence-electron chi connectivity index (χ2n) is 8.54. The highest BCUT2D eigenvalue weighted by Gasteiger charge is 2.59. The van der Waals surface area contributed by atoms with Gasteiger partial charge in [0.1, 0.15) is 0 Å². The molecule has 1 saturated heterocycles. The molecule has 2 aliphatic carbocycles. The van der Waals surface area contributed by atoms with Gasteiger partial charge in [-0.15, -0.1) is 0 Å². The molecule has 1 saturated carbocycles. The second-order valence-corrected chi connectivity index (χ2v) is 8.54. The van der Waals surface area contributed by atoms with Crippen LogP contribution in [0.15, 0.2) is 78.9 Å². The fourth-order valence-electron chi connectivity index (χ4n) is 5.45. The summed E-state index contributed by atoms with van der Waals surface area (Å²) in [4.78, 5) is 40.0. The molecule has 1 heterocycles. The molecule has 152 valence electrons. The molecule has 0 radical (unpaired) electrons. The van der Waals surface area contributed by atoms with E-state index < -0.39 is 0 Å². The molecule has 6 rings (SSSR count). The Bertz CT molecular complexity index is 1240. The standard InChI is InChI=1S/C26H20N2O3/c29-24(27-21-7-3-5-15-4-1-2-6-20(15)21)16-10-12-19(13-11-16)28-25(30)22-17-8-9-18(14-17)23(22)26(28)31/h1-13,17-18,22-23H,14H2,(H,27,29)/t17-,18+,22-,23-/m0/s1. The first-order valence-electron chi connectivity index (χ1n) is 10.6. The van der Waals surface area contributed by atoms with Gasteiger partial charge in [0.05, 0.1) is 17.5 Å². The van der Waals surface area contributed by atoms with E-state index in [1.807, 2.05) is 42.5 Å². The Hall–Kier alpha value is -3.73. The number of hydrogen-bond acceptors (Lipinski definition) is 3. The number of carbonyl (C=O) groups is 3. The summed E-state index contributed by atoms with van der Waals surface area (Å²) in [6.45, 7) is 0. The van der Waals surface area contributed by atoms with Crippen LogP contribution in [-0.2, 0) is 9.59 Å². The van der Waals surface area contributed by atoms with Crippen LogP contribution in [0.3, 0.4) is 0 Å². The first-order chi connectivity index (χ1) is 15.1. The average Bonchev–Trinajstić information content (AvgIpc) is 3.48. The Morgan fingerprint density at radius 3 is 2.16 bits per heavy atom. The number of hydrogen-bond donors (Lipinski definition) is 1. The molecule has 2 fully saturated rings. The number of anilines is 2. The molecule has 5 heteroatoms. The predicted octanol–water partition coefficient (Wildman–Crippen LogP) is 4.40. The minimum atomic E-state index is -0.235. The number of benzene rings is 3. The van der Waals surface area contributed by atoms with E-state index in [4.69, 9.17) is 0 Å². The van der Waals surface area contributed by atoms with Gasteiger partial charge >= 0.3 is 0 Å². The molecule has 3 aromatic rings. The van der Waals surface area contributed by atoms with Crippen molar-refractivity contribution < 1.29 is 14.4 Å². The third kappa shape index (κ3) is 2.66. The molecule has 0 aromatic heterocycles. The molecule has 31 heavy (non-hydrogen) atoms. The highest BCUT2D eigenvalue weighted by molar-refractivity contribution is 6.23. The molecule has 3 amide bonds. The maximum atomic E-state index is 13.0. The van der Waals surface area contributed by atoms with Gasteiger partial charge in [-0.3, -0.25) is 19.3 Å². The van der Waals surface area contributed by atoms with Crippen LogP contribution in [-0.4, -0.2) is 17.7 Å². The van der Waals surface area contributed by atoms with Gasteiger partial charge in [0.25, 0.3) is 5.91 Å². The molecule has 4 atom stereocenters. The molecule has 3 aliphatic rings. The molecular weight excluding hydrogens is 388 g/mol. The number of fused-ring (bicyclic) bond motifs is 6. The Morgan fingerprint density at radius 1 is 0.806 bits per heavy atom. The van der Waals surface area contributed by atoms with Gasteiger partial charge in [-0.25, -0.2) is 0 Å². The maximum absolute atomic E-state index is 13.0. The largest absolute Gasteiger partial charge is 0.321 e. The third-order valence-electron chi connectivity index (χ3n) is 6.90. The average molecular weight is 408 g/mol. The van der Waals surface area contributed by atoms with Crippen molar-refractivity contribution in [3.8, 4) is 0 Å². The number of imide groups is 1. The van der Waals surface area contributed by atoms with Gasteiger partial charge in [-0.2, -0.15) is 0 Å². The van der Waals surface area contributed by atoms with Crippen LogP contribution in [0, 0.1) is 23.7 Å². The van der Waals surface area contributed by atoms with Crippen LogP contribution in [0.1, 0.15) is 16.8 Å². The number of allylic oxidation sites excluding steroid dienone is 2. The van der Waals surface area contributed by atoms with Crippen LogP contribution in [0.2, 0.25) is 0 Å². The number of nitrogens with one attached hydrogen (secondary N) is 1. The highest BCUT2D eigenvalue weighted by Crippen LogP contribution is 2.53. The topological polar surface area (TPSA) is 66.5 Å². The Morgan fingerprint density at radius 2 is 1.45 bits per heavy atom. The zero-order valence-corrected chi connectivity index (χ0v) is 16.7. The smallest absolute Gasteiger partial charge is 0.255 e. The van der Waals surface area contributed by atoms with Gasteiger partial charge in [-0.05, 0) is 54.0 Å². The summed E-state index contributed by atoms with van der Waals surface area (Å²) >= 11 is 0. The quantitative estimate of drug-likeness (QED) is 0.516. The van der Waals surface area contributed by atoms with Crippen molar-refractivity contribution in [3.05, 3.63) is 84.4 Å². The summed E-state index contributed by atoms with van der Waals surface area (Å²) in [5.74, 6) is -0.543. The zero-order valence-electron chi connectivity index (χ0n) is 16.7. The monoisotopic (exact) mass is 408 g/mol. The third-order valence-corrected chi connectivity index (χ3v) is 6.90. The summed E-state index contributed by atoms with van der Waals surface area (Å²) < 4.78 is 0. The summed E-state index contributed by atoms with van der Waals surface area (Å²) in [6.07, 6.45) is 5.08. The van der Waals surface area contributed by atoms with E-state index in [1.54, 1.807) is 24.3 Å². The summed E-state index contributed by atoms with van der Waals surface area (Å²) in [5.41, 5.74) is 1.75. The fourth-order valence-corrected chi connectivity index (χ4v) is 5.45. The van der Waals surface area contributed by atoms with Gasteiger partial charge < -0.3 is 5.32 Å². The van der Waals surface area contributed by atoms with Crippen LogP contribution in [0.25, 0.3) is 10.8 Å². The van der Waals surface area contributed by atoms with Crippen LogP contribution < -0.4 is 10.2 Å². The molecule has 3 aromatic carbocycles. The van der Waals surface area contributed by atoms with Crippen molar-refractivity contribution in [2.24, 2.45) is 23.7 Å². The van der Waals surface area contributed by atoms with Gasteiger partial charge in [0, 0.05) is 16.6 Å². The number of nitrogens with zero attached hydrogens (tertiary/aromatic N) is 1. The summed E-state index contributed by atoms with van der Waals surface area (Å²) in [7, 11) is 0. The molecule has 0 spiro atoms. The normalized spacial score (nSPS) is 26.0. The molecule has 1 aliphatic heterocycles. The van der Waals surface area contributed by atoms with Crippen LogP contribution >= 0.6 is 0 Å². The molecular formula is C26H20N2O3. The van der Waals surface area contributed by atoms with E-state index in [2.05, 4.69) is 17.5 Å². The minimum Gasteiger partial charge on any atom is -0.321 e. The van der Waals surface area contributed by atoms with Crippen LogP contribution in [0.4, 0.5) is 11.4 Å². The predicted molar refractivity (Wildman–Crippen MR) is 119 cm³/mol. The van der Waals surface area contributed by atoms with Crippen molar-refractivity contribution in [1.29, 1.82) is 0 Å². The minimum absolute atomic E-state index is 0.111. The molecule has 2 bridgehead atoms. The van der Waals surface area contributed by atoms with E-state index in [0.29, 0.717) is 11.3 Å². The Labute approximate surface area is 179 Å². The maximum Gasteiger partial charge on any atom is 0.255 e. The lowest BCUT2D eigenvalue weighted by molar-refractivity contribution is -0.123. The first-order valence-corrected chi connectivity index (χ1v) is 10.6. The number of carbonyl (C=O) groups excluding carboxylic acids is 3. The fraction of sp³-hybridized carbons (Fsp3) is 0.192. The van der Waals surface area contributed by atoms with Crippen molar-refractivity contribution in [3.63, 3.8) is 0 Å². The van der Waals surface area contributed by atoms with Crippen molar-refractivity contribution in [1.82, 2.24) is 0 Å². The lowest BCUT2D eigenvalue weighted by Gasteiger charge is -2.17. The van der Waals surface area contributed by atoms with E-state index in [9.17, 15) is 14.4 Å². The van der Waals surface area contributed by atoms with Crippen LogP contribution in [0.5, 0.6) is 0 Å². The molecule has 1 N–H and O–H groups in total. The second kappa shape index (κ2) is 6.64. The van der Waals surface area contributed by atoms with Crippen molar-refractivity contribution in [2.75, 3.05) is 10.2 Å². The number of rotatable bonds is 3. The van der Waals surface area contributed by atoms with Crippen molar-refractivity contribution >= 4 is 39.9 Å². The molecule has 5 nitrogen and oxygen atoms in total. The SMILES string of the molecule is O=C(Nc1cccc2ccccc12)c1ccc(N2C(=O)[C@@H]3[C@@H](C2=O)[C@H]2C=C[C@@H]3C2)cc1. The first kappa shape index (κ1) is 18.1. The van der Waals surface area contributed by atoms with E-state index in [1.165, 1.54) is 4.90 Å². The number of amides is 3. The lowest BCUT2D eigenvalue weighted by Crippen LogP contribution is -2.32. The van der Waals surface area contributed by atoms with Gasteiger partial charge in [0.2, 0.25) is 11.8 Å². The summed E-state index contributed by atoms with van der Waals surface area (Å²) in [6, 6.07) is 20.3. The Kier molecular flexibility index (Phi) is 3.87. The lowest BCUT2D eigenvalue weighted by atomic mass is 9.85. The van der Waals surface area contributed by atoms with E-state index >= 15 is 0 Å². The summed E-state index contributed by atoms with van der Waals surface area (Å²) in [5, 5.41) is 4.99. The zero-order chi connectivity index (χ0) is 21.1. The van der Waals surface area contributed by atoms with E-state index in [0.717, 1.165) is 22.9 Å². The Balaban J connectivity index is 1.24. The highest BCUT2D eigenvalue weighted by atomic mass is 16.2. The van der Waals surface area contributed by atoms with Crippen molar-refractivity contribution in [2.45, 2.75) is 6.42 Å². The van der Waals surface area contributed by atoms with Gasteiger partial charge in [-0.1, -0.05) is 48.6 Å². The molecule has 0 unspecified atom stereocenters. The van der Waals surface area contributed by atoms with Gasteiger partial charge in [0.15, 0.2) is 0 Å². The van der Waals surface area contributed by atoms with E-state index in [-0.39, 0.29) is 41.4 Å².